The van der Waals surface area contributed by atoms with Gasteiger partial charge in [0.2, 0.25) is 0 Å². The van der Waals surface area contributed by atoms with Crippen molar-refractivity contribution >= 4 is 11.8 Å². The molecule has 1 aliphatic rings. The van der Waals surface area contributed by atoms with Gasteiger partial charge in [0.25, 0.3) is 0 Å². The van der Waals surface area contributed by atoms with Gasteiger partial charge < -0.3 is 10.6 Å². The highest BCUT2D eigenvalue weighted by Crippen LogP contribution is 2.24. The van der Waals surface area contributed by atoms with E-state index in [1.165, 1.54) is 18.1 Å². The Morgan fingerprint density at radius 2 is 2.20 bits per heavy atom. The second kappa shape index (κ2) is 6.12. The Morgan fingerprint density at radius 1 is 1.47 bits per heavy atom. The van der Waals surface area contributed by atoms with Crippen molar-refractivity contribution in [2.45, 2.75) is 33.7 Å². The normalized spacial score (nSPS) is 25.2. The second-order valence-corrected chi connectivity index (χ2v) is 6.80. The summed E-state index contributed by atoms with van der Waals surface area (Å²) in [5, 5.41) is 7.13. The lowest BCUT2D eigenvalue weighted by molar-refractivity contribution is 0.251. The summed E-state index contributed by atoms with van der Waals surface area (Å²) >= 11 is 2.06. The van der Waals surface area contributed by atoms with Crippen molar-refractivity contribution in [1.29, 1.82) is 0 Å². The van der Waals surface area contributed by atoms with E-state index in [4.69, 9.17) is 0 Å². The maximum Gasteiger partial charge on any atom is 0.0283 e. The maximum atomic E-state index is 3.59. The molecule has 1 fully saturated rings. The minimum atomic E-state index is 0.418. The van der Waals surface area contributed by atoms with Gasteiger partial charge in [-0.25, -0.2) is 0 Å². The first-order chi connectivity index (χ1) is 7.00. The molecule has 0 amide bonds. The zero-order valence-corrected chi connectivity index (χ0v) is 11.4. The van der Waals surface area contributed by atoms with Crippen LogP contribution in [0.4, 0.5) is 0 Å². The summed E-state index contributed by atoms with van der Waals surface area (Å²) in [5.74, 6) is 3.26. The third kappa shape index (κ3) is 5.23. The van der Waals surface area contributed by atoms with E-state index >= 15 is 0 Å². The van der Waals surface area contributed by atoms with Crippen LogP contribution in [0, 0.1) is 11.3 Å². The summed E-state index contributed by atoms with van der Waals surface area (Å²) in [7, 11) is 0. The van der Waals surface area contributed by atoms with Crippen LogP contribution in [-0.4, -0.2) is 37.2 Å². The van der Waals surface area contributed by atoms with Crippen LogP contribution in [0.1, 0.15) is 27.7 Å². The minimum absolute atomic E-state index is 0.418. The predicted octanol–water partition coefficient (Wildman–Crippen LogP) is 1.96. The standard InChI is InChI=1S/C12H26N2S/c1-10(12(2,3)4)7-13-8-11-9-15-6-5-14-11/h10-11,13-14H,5-9H2,1-4H3. The molecule has 2 nitrogen and oxygen atoms in total. The molecular formula is C12H26N2S. The fraction of sp³-hybridized carbons (Fsp3) is 1.00. The van der Waals surface area contributed by atoms with E-state index in [-0.39, 0.29) is 0 Å². The molecule has 1 saturated heterocycles. The molecule has 1 rings (SSSR count). The largest absolute Gasteiger partial charge is 0.315 e. The van der Waals surface area contributed by atoms with Gasteiger partial charge >= 0.3 is 0 Å². The van der Waals surface area contributed by atoms with Gasteiger partial charge in [0.05, 0.1) is 0 Å². The first-order valence-electron chi connectivity index (χ1n) is 6.02. The van der Waals surface area contributed by atoms with Gasteiger partial charge in [-0.3, -0.25) is 0 Å². The highest BCUT2D eigenvalue weighted by Gasteiger charge is 2.20. The number of thioether (sulfide) groups is 1. The first kappa shape index (κ1) is 13.3. The molecule has 0 bridgehead atoms. The Kier molecular flexibility index (Phi) is 5.44. The third-order valence-corrected chi connectivity index (χ3v) is 4.45. The van der Waals surface area contributed by atoms with E-state index in [0.717, 1.165) is 19.0 Å². The molecule has 3 heteroatoms. The lowest BCUT2D eigenvalue weighted by Crippen LogP contribution is -2.45. The molecule has 0 aromatic heterocycles. The van der Waals surface area contributed by atoms with Crippen LogP contribution in [0.25, 0.3) is 0 Å². The molecule has 0 aromatic carbocycles. The van der Waals surface area contributed by atoms with Gasteiger partial charge in [-0.05, 0) is 17.9 Å². The van der Waals surface area contributed by atoms with E-state index < -0.39 is 0 Å². The molecule has 0 aliphatic carbocycles. The maximum absolute atomic E-state index is 3.59. The van der Waals surface area contributed by atoms with E-state index in [1.807, 2.05) is 0 Å². The summed E-state index contributed by atoms with van der Waals surface area (Å²) in [5.41, 5.74) is 0.418. The molecule has 0 saturated carbocycles. The summed E-state index contributed by atoms with van der Waals surface area (Å²) in [6.45, 7) is 12.7. The van der Waals surface area contributed by atoms with Crippen LogP contribution in [0.15, 0.2) is 0 Å². The highest BCUT2D eigenvalue weighted by molar-refractivity contribution is 7.99. The summed E-state index contributed by atoms with van der Waals surface area (Å²) in [6.07, 6.45) is 0. The van der Waals surface area contributed by atoms with E-state index in [1.54, 1.807) is 0 Å². The molecule has 0 radical (unpaired) electrons. The van der Waals surface area contributed by atoms with Crippen LogP contribution >= 0.6 is 11.8 Å². The van der Waals surface area contributed by atoms with Crippen molar-refractivity contribution in [2.75, 3.05) is 31.1 Å². The summed E-state index contributed by atoms with van der Waals surface area (Å²) in [4.78, 5) is 0. The highest BCUT2D eigenvalue weighted by atomic mass is 32.2. The van der Waals surface area contributed by atoms with Gasteiger partial charge in [0.15, 0.2) is 0 Å². The molecule has 90 valence electrons. The average molecular weight is 230 g/mol. The van der Waals surface area contributed by atoms with Crippen molar-refractivity contribution in [3.05, 3.63) is 0 Å². The average Bonchev–Trinajstić information content (AvgIpc) is 2.18. The molecule has 0 aromatic rings. The van der Waals surface area contributed by atoms with Crippen LogP contribution in [0.2, 0.25) is 0 Å². The fourth-order valence-corrected chi connectivity index (χ4v) is 2.48. The first-order valence-corrected chi connectivity index (χ1v) is 7.17. The van der Waals surface area contributed by atoms with Crippen molar-refractivity contribution in [3.63, 3.8) is 0 Å². The zero-order valence-electron chi connectivity index (χ0n) is 10.6. The van der Waals surface area contributed by atoms with Gasteiger partial charge in [-0.15, -0.1) is 0 Å². The van der Waals surface area contributed by atoms with E-state index in [9.17, 15) is 0 Å². The van der Waals surface area contributed by atoms with Gasteiger partial charge in [0, 0.05) is 30.6 Å². The van der Waals surface area contributed by atoms with Crippen molar-refractivity contribution < 1.29 is 0 Å². The second-order valence-electron chi connectivity index (χ2n) is 5.65. The van der Waals surface area contributed by atoms with Gasteiger partial charge in [-0.2, -0.15) is 11.8 Å². The minimum Gasteiger partial charge on any atom is -0.315 e. The predicted molar refractivity (Wildman–Crippen MR) is 70.6 cm³/mol. The van der Waals surface area contributed by atoms with Crippen LogP contribution in [0.5, 0.6) is 0 Å². The number of rotatable bonds is 4. The van der Waals surface area contributed by atoms with Crippen molar-refractivity contribution in [1.82, 2.24) is 10.6 Å². The van der Waals surface area contributed by atoms with Gasteiger partial charge in [-0.1, -0.05) is 27.7 Å². The quantitative estimate of drug-likeness (QED) is 0.772. The molecule has 1 heterocycles. The zero-order chi connectivity index (χ0) is 11.3. The van der Waals surface area contributed by atoms with Crippen LogP contribution in [0.3, 0.4) is 0 Å². The number of nitrogens with one attached hydrogen (secondary N) is 2. The molecule has 2 atom stereocenters. The molecular weight excluding hydrogens is 204 g/mol. The van der Waals surface area contributed by atoms with E-state index in [2.05, 4.69) is 50.1 Å². The molecule has 2 unspecified atom stereocenters. The molecule has 1 aliphatic heterocycles. The molecule has 0 spiro atoms. The number of hydrogen-bond donors (Lipinski definition) is 2. The van der Waals surface area contributed by atoms with E-state index in [0.29, 0.717) is 11.5 Å². The Labute approximate surface area is 99.0 Å². The Hall–Kier alpha value is 0.270. The lowest BCUT2D eigenvalue weighted by Gasteiger charge is -2.29. The smallest absolute Gasteiger partial charge is 0.0283 e. The molecule has 2 N–H and O–H groups in total. The summed E-state index contributed by atoms with van der Waals surface area (Å²) in [6, 6.07) is 0.677. The Morgan fingerprint density at radius 3 is 2.73 bits per heavy atom. The summed E-state index contributed by atoms with van der Waals surface area (Å²) < 4.78 is 0. The Balaban J connectivity index is 2.10. The molecule has 15 heavy (non-hydrogen) atoms. The third-order valence-electron chi connectivity index (χ3n) is 3.32. The SMILES string of the molecule is CC(CNCC1CSCCN1)C(C)(C)C. The van der Waals surface area contributed by atoms with Crippen molar-refractivity contribution in [3.8, 4) is 0 Å². The van der Waals surface area contributed by atoms with Crippen LogP contribution in [-0.2, 0) is 0 Å². The topological polar surface area (TPSA) is 24.1 Å². The van der Waals surface area contributed by atoms with Crippen molar-refractivity contribution in [2.24, 2.45) is 11.3 Å². The fourth-order valence-electron chi connectivity index (χ4n) is 1.53. The number of hydrogen-bond acceptors (Lipinski definition) is 3. The monoisotopic (exact) mass is 230 g/mol. The Bertz CT molecular complexity index is 171. The van der Waals surface area contributed by atoms with Crippen LogP contribution < -0.4 is 10.6 Å². The van der Waals surface area contributed by atoms with Gasteiger partial charge in [0.1, 0.15) is 0 Å². The lowest BCUT2D eigenvalue weighted by atomic mass is 9.82.